The molecule has 5 heteroatoms. The molecule has 1 unspecified atom stereocenters. The number of thioether (sulfide) groups is 1. The van der Waals surface area contributed by atoms with Gasteiger partial charge in [-0.3, -0.25) is 4.79 Å². The van der Waals surface area contributed by atoms with Crippen molar-refractivity contribution in [3.05, 3.63) is 0 Å². The first-order chi connectivity index (χ1) is 5.83. The van der Waals surface area contributed by atoms with Crippen LogP contribution in [0.1, 0.15) is 20.3 Å². The molecule has 0 spiro atoms. The Morgan fingerprint density at radius 2 is 2.15 bits per heavy atom. The third-order valence-electron chi connectivity index (χ3n) is 1.35. The molecule has 0 heterocycles. The monoisotopic (exact) mass is 207 g/mol. The molecule has 0 aliphatic heterocycles. The first-order valence-corrected chi connectivity index (χ1v) is 5.27. The van der Waals surface area contributed by atoms with Crippen molar-refractivity contribution >= 4 is 17.7 Å². The third-order valence-corrected chi connectivity index (χ3v) is 2.78. The van der Waals surface area contributed by atoms with Crippen LogP contribution >= 0.6 is 11.8 Å². The summed E-state index contributed by atoms with van der Waals surface area (Å²) in [6, 6.07) is -0.783. The zero-order valence-corrected chi connectivity index (χ0v) is 8.80. The molecule has 0 radical (unpaired) electrons. The van der Waals surface area contributed by atoms with Gasteiger partial charge < -0.3 is 15.9 Å². The highest BCUT2D eigenvalue weighted by atomic mass is 32.2. The lowest BCUT2D eigenvalue weighted by Gasteiger charge is -2.16. The minimum atomic E-state index is -0.969. The van der Waals surface area contributed by atoms with Crippen molar-refractivity contribution in [2.45, 2.75) is 31.9 Å². The largest absolute Gasteiger partial charge is 0.480 e. The van der Waals surface area contributed by atoms with Gasteiger partial charge in [0.15, 0.2) is 0 Å². The predicted molar refractivity (Wildman–Crippen MR) is 53.9 cm³/mol. The van der Waals surface area contributed by atoms with Crippen LogP contribution in [-0.2, 0) is 4.79 Å². The lowest BCUT2D eigenvalue weighted by molar-refractivity contribution is -0.138. The molecule has 13 heavy (non-hydrogen) atoms. The number of hydrogen-bond acceptors (Lipinski definition) is 4. The van der Waals surface area contributed by atoms with Crippen LogP contribution in [0.2, 0.25) is 0 Å². The molecule has 0 amide bonds. The second-order valence-electron chi connectivity index (χ2n) is 3.60. The molecule has 0 bridgehead atoms. The Hall–Kier alpha value is -0.260. The van der Waals surface area contributed by atoms with Crippen LogP contribution in [0.15, 0.2) is 0 Å². The second-order valence-corrected chi connectivity index (χ2v) is 4.70. The van der Waals surface area contributed by atoms with Crippen LogP contribution in [0.25, 0.3) is 0 Å². The summed E-state index contributed by atoms with van der Waals surface area (Å²) in [4.78, 5) is 10.3. The van der Waals surface area contributed by atoms with Crippen LogP contribution in [0, 0.1) is 0 Å². The van der Waals surface area contributed by atoms with Gasteiger partial charge in [-0.1, -0.05) is 0 Å². The molecular weight excluding hydrogens is 190 g/mol. The Labute approximate surface area is 82.5 Å². The number of hydrogen-bond donors (Lipinski definition) is 3. The van der Waals surface area contributed by atoms with Crippen molar-refractivity contribution in [3.63, 3.8) is 0 Å². The van der Waals surface area contributed by atoms with Crippen molar-refractivity contribution in [1.82, 2.24) is 0 Å². The molecule has 0 aliphatic rings. The summed E-state index contributed by atoms with van der Waals surface area (Å²) < 4.78 is 0. The summed E-state index contributed by atoms with van der Waals surface area (Å²) in [6.45, 7) is 3.44. The van der Waals surface area contributed by atoms with E-state index in [2.05, 4.69) is 0 Å². The Balaban J connectivity index is 3.41. The van der Waals surface area contributed by atoms with Crippen LogP contribution in [0.3, 0.4) is 0 Å². The number of carboxylic acids is 1. The fourth-order valence-corrected chi connectivity index (χ4v) is 1.72. The number of aliphatic hydroxyl groups is 1. The lowest BCUT2D eigenvalue weighted by atomic mass is 10.2. The molecular formula is C8H17NO3S. The minimum absolute atomic E-state index is 0.441. The van der Waals surface area contributed by atoms with Gasteiger partial charge in [-0.05, 0) is 26.0 Å². The quantitative estimate of drug-likeness (QED) is 0.545. The van der Waals surface area contributed by atoms with Crippen molar-refractivity contribution in [2.24, 2.45) is 5.73 Å². The molecule has 0 aromatic carbocycles. The Kier molecular flexibility index (Phi) is 5.36. The highest BCUT2D eigenvalue weighted by Crippen LogP contribution is 2.13. The zero-order valence-electron chi connectivity index (χ0n) is 7.99. The summed E-state index contributed by atoms with van der Waals surface area (Å²) in [7, 11) is 0. The average molecular weight is 207 g/mol. The fourth-order valence-electron chi connectivity index (χ4n) is 0.656. The van der Waals surface area contributed by atoms with Gasteiger partial charge in [0.1, 0.15) is 6.04 Å². The van der Waals surface area contributed by atoms with Gasteiger partial charge in [0, 0.05) is 5.75 Å². The van der Waals surface area contributed by atoms with Crippen LogP contribution < -0.4 is 5.73 Å². The predicted octanol–water partition coefficient (Wildman–Crippen LogP) is 0.292. The third kappa shape index (κ3) is 8.08. The van der Waals surface area contributed by atoms with E-state index >= 15 is 0 Å². The fraction of sp³-hybridized carbons (Fsp3) is 0.875. The summed E-state index contributed by atoms with van der Waals surface area (Å²) in [6.07, 6.45) is 0.441. The van der Waals surface area contributed by atoms with E-state index in [-0.39, 0.29) is 0 Å². The lowest BCUT2D eigenvalue weighted by Crippen LogP contribution is -2.31. The first kappa shape index (κ1) is 12.7. The molecule has 1 atom stereocenters. The van der Waals surface area contributed by atoms with E-state index in [0.717, 1.165) is 0 Å². The van der Waals surface area contributed by atoms with E-state index in [4.69, 9.17) is 10.8 Å². The van der Waals surface area contributed by atoms with Crippen LogP contribution in [0.5, 0.6) is 0 Å². The van der Waals surface area contributed by atoms with E-state index in [1.54, 1.807) is 13.8 Å². The summed E-state index contributed by atoms with van der Waals surface area (Å²) >= 11 is 1.51. The van der Waals surface area contributed by atoms with Gasteiger partial charge >= 0.3 is 5.97 Å². The van der Waals surface area contributed by atoms with Gasteiger partial charge in [0.2, 0.25) is 0 Å². The number of carbonyl (C=O) groups is 1. The molecule has 0 rings (SSSR count). The highest BCUT2D eigenvalue weighted by Gasteiger charge is 2.14. The Bertz CT molecular complexity index is 167. The van der Waals surface area contributed by atoms with Gasteiger partial charge in [0.25, 0.3) is 0 Å². The van der Waals surface area contributed by atoms with Crippen molar-refractivity contribution in [3.8, 4) is 0 Å². The molecule has 0 aromatic rings. The number of nitrogens with two attached hydrogens (primary N) is 1. The van der Waals surface area contributed by atoms with Crippen molar-refractivity contribution in [1.29, 1.82) is 0 Å². The molecule has 4 nitrogen and oxygen atoms in total. The topological polar surface area (TPSA) is 83.5 Å². The maximum atomic E-state index is 10.3. The molecule has 78 valence electrons. The highest BCUT2D eigenvalue weighted by molar-refractivity contribution is 7.99. The van der Waals surface area contributed by atoms with E-state index in [0.29, 0.717) is 17.9 Å². The second kappa shape index (κ2) is 5.47. The van der Waals surface area contributed by atoms with E-state index < -0.39 is 17.6 Å². The molecule has 0 saturated heterocycles. The molecule has 0 saturated carbocycles. The van der Waals surface area contributed by atoms with Gasteiger partial charge in [-0.15, -0.1) is 0 Å². The van der Waals surface area contributed by atoms with E-state index in [9.17, 15) is 9.90 Å². The minimum Gasteiger partial charge on any atom is -0.480 e. The van der Waals surface area contributed by atoms with Crippen molar-refractivity contribution < 1.29 is 15.0 Å². The number of aliphatic carboxylic acids is 1. The number of rotatable bonds is 6. The maximum Gasteiger partial charge on any atom is 0.320 e. The summed E-state index contributed by atoms with van der Waals surface area (Å²) in [5, 5.41) is 17.8. The van der Waals surface area contributed by atoms with Crippen molar-refractivity contribution in [2.75, 3.05) is 11.5 Å². The molecule has 0 aliphatic carbocycles. The smallest absolute Gasteiger partial charge is 0.320 e. The van der Waals surface area contributed by atoms with E-state index in [1.807, 2.05) is 0 Å². The number of carboxylic acid groups (broad SMARTS) is 1. The van der Waals surface area contributed by atoms with Gasteiger partial charge in [0.05, 0.1) is 5.60 Å². The SMILES string of the molecule is CC(C)(O)CSCCC(N)C(=O)O. The van der Waals surface area contributed by atoms with Gasteiger partial charge in [-0.2, -0.15) is 11.8 Å². The first-order valence-electron chi connectivity index (χ1n) is 4.11. The Morgan fingerprint density at radius 3 is 2.54 bits per heavy atom. The summed E-state index contributed by atoms with van der Waals surface area (Å²) in [5.74, 6) is 0.292. The zero-order chi connectivity index (χ0) is 10.5. The molecule has 0 aromatic heterocycles. The standard InChI is InChI=1S/C8H17NO3S/c1-8(2,12)5-13-4-3-6(9)7(10)11/h6,12H,3-5,9H2,1-2H3,(H,10,11). The van der Waals surface area contributed by atoms with E-state index in [1.165, 1.54) is 11.8 Å². The van der Waals surface area contributed by atoms with Crippen LogP contribution in [-0.4, -0.2) is 39.3 Å². The molecule has 4 N–H and O–H groups in total. The molecule has 0 fully saturated rings. The summed E-state index contributed by atoms with van der Waals surface area (Å²) in [5.41, 5.74) is 4.59. The Morgan fingerprint density at radius 1 is 1.62 bits per heavy atom. The maximum absolute atomic E-state index is 10.3. The normalized spacial score (nSPS) is 14.2. The van der Waals surface area contributed by atoms with Crippen LogP contribution in [0.4, 0.5) is 0 Å². The van der Waals surface area contributed by atoms with Gasteiger partial charge in [-0.25, -0.2) is 0 Å². The average Bonchev–Trinajstić information content (AvgIpc) is 1.95.